The summed E-state index contributed by atoms with van der Waals surface area (Å²) in [5.74, 6) is 0. The van der Waals surface area contributed by atoms with Crippen LogP contribution in [0.1, 0.15) is 17.2 Å². The summed E-state index contributed by atoms with van der Waals surface area (Å²) < 4.78 is 27.2. The summed E-state index contributed by atoms with van der Waals surface area (Å²) >= 11 is 0. The van der Waals surface area contributed by atoms with E-state index in [9.17, 15) is 8.42 Å². The molecule has 5 heteroatoms. The standard InChI is InChI=1S/C22H20N2O2S/c1-27(25,26)24-22(17-12-6-3-7-13-17)20-18-14-8-9-15-19(18)23-21(20)16-10-4-2-5-11-16/h2-15,22-24H,1H3. The fraction of sp³-hybridized carbons (Fsp3) is 0.0909. The van der Waals surface area contributed by atoms with Crippen molar-refractivity contribution in [3.8, 4) is 11.3 Å². The van der Waals surface area contributed by atoms with Crippen LogP contribution >= 0.6 is 0 Å². The van der Waals surface area contributed by atoms with Gasteiger partial charge in [-0.2, -0.15) is 0 Å². The van der Waals surface area contributed by atoms with Crippen molar-refractivity contribution in [2.45, 2.75) is 6.04 Å². The van der Waals surface area contributed by atoms with Crippen molar-refractivity contribution in [1.82, 2.24) is 9.71 Å². The highest BCUT2D eigenvalue weighted by molar-refractivity contribution is 7.88. The lowest BCUT2D eigenvalue weighted by Gasteiger charge is -2.20. The molecule has 0 saturated carbocycles. The molecule has 0 aliphatic rings. The van der Waals surface area contributed by atoms with Crippen LogP contribution in [-0.4, -0.2) is 19.7 Å². The first-order chi connectivity index (χ1) is 13.0. The average Bonchev–Trinajstić information content (AvgIpc) is 3.06. The van der Waals surface area contributed by atoms with Crippen molar-refractivity contribution in [3.63, 3.8) is 0 Å². The molecule has 1 heterocycles. The van der Waals surface area contributed by atoms with Crippen LogP contribution in [0.15, 0.2) is 84.9 Å². The minimum atomic E-state index is -3.43. The summed E-state index contributed by atoms with van der Waals surface area (Å²) in [5, 5.41) is 1.00. The molecule has 136 valence electrons. The smallest absolute Gasteiger partial charge is 0.209 e. The number of fused-ring (bicyclic) bond motifs is 1. The van der Waals surface area contributed by atoms with E-state index in [0.29, 0.717) is 0 Å². The van der Waals surface area contributed by atoms with Crippen molar-refractivity contribution >= 4 is 20.9 Å². The summed E-state index contributed by atoms with van der Waals surface area (Å²) in [6, 6.07) is 27.1. The minimum absolute atomic E-state index is 0.493. The Morgan fingerprint density at radius 3 is 2.07 bits per heavy atom. The number of aromatic amines is 1. The van der Waals surface area contributed by atoms with Crippen molar-refractivity contribution in [1.29, 1.82) is 0 Å². The molecule has 4 aromatic rings. The van der Waals surface area contributed by atoms with Gasteiger partial charge in [0.1, 0.15) is 0 Å². The monoisotopic (exact) mass is 376 g/mol. The van der Waals surface area contributed by atoms with Gasteiger partial charge in [-0.1, -0.05) is 78.9 Å². The molecule has 3 aromatic carbocycles. The molecular formula is C22H20N2O2S. The topological polar surface area (TPSA) is 62.0 Å². The second kappa shape index (κ2) is 7.02. The Bertz CT molecular complexity index is 1170. The van der Waals surface area contributed by atoms with E-state index in [1.165, 1.54) is 6.26 Å². The molecule has 1 aromatic heterocycles. The highest BCUT2D eigenvalue weighted by atomic mass is 32.2. The number of aromatic nitrogens is 1. The molecule has 0 aliphatic carbocycles. The number of para-hydroxylation sites is 1. The SMILES string of the molecule is CS(=O)(=O)NC(c1ccccc1)c1c(-c2ccccc2)[nH]c2ccccc12. The maximum Gasteiger partial charge on any atom is 0.209 e. The van der Waals surface area contributed by atoms with Crippen molar-refractivity contribution in [2.75, 3.05) is 6.26 Å². The van der Waals surface area contributed by atoms with E-state index in [2.05, 4.69) is 9.71 Å². The molecule has 0 radical (unpaired) electrons. The summed E-state index contributed by atoms with van der Waals surface area (Å²) in [4.78, 5) is 3.48. The predicted molar refractivity (Wildman–Crippen MR) is 110 cm³/mol. The summed E-state index contributed by atoms with van der Waals surface area (Å²) in [5.41, 5.74) is 4.72. The molecule has 27 heavy (non-hydrogen) atoms. The summed E-state index contributed by atoms with van der Waals surface area (Å²) in [6.07, 6.45) is 1.19. The van der Waals surface area contributed by atoms with Crippen molar-refractivity contribution in [2.24, 2.45) is 0 Å². The molecular weight excluding hydrogens is 356 g/mol. The molecule has 1 unspecified atom stereocenters. The third-order valence-corrected chi connectivity index (χ3v) is 5.23. The third-order valence-electron chi connectivity index (χ3n) is 4.56. The van der Waals surface area contributed by atoms with Crippen LogP contribution in [0.3, 0.4) is 0 Å². The first-order valence-electron chi connectivity index (χ1n) is 8.71. The zero-order valence-corrected chi connectivity index (χ0v) is 15.7. The molecule has 0 bridgehead atoms. The Balaban J connectivity index is 2.02. The predicted octanol–water partition coefficient (Wildman–Crippen LogP) is 4.47. The number of benzene rings is 3. The van der Waals surface area contributed by atoms with Crippen LogP contribution < -0.4 is 4.72 Å². The minimum Gasteiger partial charge on any atom is -0.354 e. The molecule has 0 fully saturated rings. The van der Waals surface area contributed by atoms with Crippen LogP contribution in [0.5, 0.6) is 0 Å². The van der Waals surface area contributed by atoms with Crippen LogP contribution in [-0.2, 0) is 10.0 Å². The summed E-state index contributed by atoms with van der Waals surface area (Å²) in [6.45, 7) is 0. The number of nitrogens with one attached hydrogen (secondary N) is 2. The Labute approximate surface area is 158 Å². The number of hydrogen-bond donors (Lipinski definition) is 2. The average molecular weight is 376 g/mol. The highest BCUT2D eigenvalue weighted by Crippen LogP contribution is 2.37. The van der Waals surface area contributed by atoms with Gasteiger partial charge in [0.15, 0.2) is 0 Å². The van der Waals surface area contributed by atoms with E-state index in [-0.39, 0.29) is 0 Å². The van der Waals surface area contributed by atoms with Gasteiger partial charge in [0.2, 0.25) is 10.0 Å². The number of rotatable bonds is 5. The van der Waals surface area contributed by atoms with Crippen LogP contribution in [0.4, 0.5) is 0 Å². The molecule has 0 amide bonds. The first kappa shape index (κ1) is 17.5. The van der Waals surface area contributed by atoms with Gasteiger partial charge in [0, 0.05) is 16.5 Å². The zero-order valence-electron chi connectivity index (χ0n) is 14.9. The van der Waals surface area contributed by atoms with Gasteiger partial charge in [0.25, 0.3) is 0 Å². The van der Waals surface area contributed by atoms with E-state index in [1.807, 2.05) is 84.9 Å². The van der Waals surface area contributed by atoms with Crippen LogP contribution in [0.25, 0.3) is 22.2 Å². The van der Waals surface area contributed by atoms with E-state index in [4.69, 9.17) is 0 Å². The van der Waals surface area contributed by atoms with E-state index in [0.717, 1.165) is 33.3 Å². The maximum atomic E-state index is 12.2. The Morgan fingerprint density at radius 2 is 1.41 bits per heavy atom. The molecule has 1 atom stereocenters. The highest BCUT2D eigenvalue weighted by Gasteiger charge is 2.25. The van der Waals surface area contributed by atoms with Crippen LogP contribution in [0, 0.1) is 0 Å². The van der Waals surface area contributed by atoms with Gasteiger partial charge >= 0.3 is 0 Å². The fourth-order valence-corrected chi connectivity index (χ4v) is 4.13. The Kier molecular flexibility index (Phi) is 4.56. The normalized spacial score (nSPS) is 12.9. The second-order valence-electron chi connectivity index (χ2n) is 6.56. The van der Waals surface area contributed by atoms with E-state index >= 15 is 0 Å². The van der Waals surface area contributed by atoms with Gasteiger partial charge in [-0.05, 0) is 17.2 Å². The fourth-order valence-electron chi connectivity index (χ4n) is 3.45. The van der Waals surface area contributed by atoms with Gasteiger partial charge in [-0.25, -0.2) is 13.1 Å². The lowest BCUT2D eigenvalue weighted by Crippen LogP contribution is -2.28. The zero-order chi connectivity index (χ0) is 18.9. The van der Waals surface area contributed by atoms with Gasteiger partial charge in [-0.15, -0.1) is 0 Å². The lowest BCUT2D eigenvalue weighted by molar-refractivity contribution is 0.579. The number of hydrogen-bond acceptors (Lipinski definition) is 2. The third kappa shape index (κ3) is 3.65. The Morgan fingerprint density at radius 1 is 0.815 bits per heavy atom. The van der Waals surface area contributed by atoms with Crippen LogP contribution in [0.2, 0.25) is 0 Å². The lowest BCUT2D eigenvalue weighted by atomic mass is 9.94. The summed E-state index contributed by atoms with van der Waals surface area (Å²) in [7, 11) is -3.43. The number of sulfonamides is 1. The van der Waals surface area contributed by atoms with Gasteiger partial charge in [0.05, 0.1) is 18.0 Å². The molecule has 4 rings (SSSR count). The molecule has 0 aliphatic heterocycles. The Hall–Kier alpha value is -2.89. The number of H-pyrrole nitrogens is 1. The van der Waals surface area contributed by atoms with E-state index in [1.54, 1.807) is 0 Å². The molecule has 0 spiro atoms. The first-order valence-corrected chi connectivity index (χ1v) is 10.6. The van der Waals surface area contributed by atoms with Crippen molar-refractivity contribution in [3.05, 3.63) is 96.1 Å². The quantitative estimate of drug-likeness (QED) is 0.540. The largest absolute Gasteiger partial charge is 0.354 e. The molecule has 0 saturated heterocycles. The maximum absolute atomic E-state index is 12.2. The molecule has 2 N–H and O–H groups in total. The van der Waals surface area contributed by atoms with Gasteiger partial charge < -0.3 is 4.98 Å². The van der Waals surface area contributed by atoms with Gasteiger partial charge in [-0.3, -0.25) is 0 Å². The second-order valence-corrected chi connectivity index (χ2v) is 8.34. The van der Waals surface area contributed by atoms with E-state index < -0.39 is 16.1 Å². The molecule has 4 nitrogen and oxygen atoms in total. The van der Waals surface area contributed by atoms with Crippen molar-refractivity contribution < 1.29 is 8.42 Å².